The van der Waals surface area contributed by atoms with E-state index in [0.717, 1.165) is 30.1 Å². The molecular formula is C24H44O. The maximum absolute atomic E-state index is 10.3. The molecule has 0 bridgehead atoms. The van der Waals surface area contributed by atoms with Crippen molar-refractivity contribution in [1.29, 1.82) is 0 Å². The van der Waals surface area contributed by atoms with Crippen LogP contribution < -0.4 is 0 Å². The molecule has 0 unspecified atom stereocenters. The van der Waals surface area contributed by atoms with Gasteiger partial charge in [-0.3, -0.25) is 0 Å². The van der Waals surface area contributed by atoms with Gasteiger partial charge in [0.15, 0.2) is 0 Å². The monoisotopic (exact) mass is 348 g/mol. The lowest BCUT2D eigenvalue weighted by Crippen LogP contribution is -2.59. The summed E-state index contributed by atoms with van der Waals surface area (Å²) in [5.41, 5.74) is 1.04. The molecule has 1 N–H and O–H groups in total. The molecule has 3 saturated carbocycles. The van der Waals surface area contributed by atoms with E-state index in [1.807, 2.05) is 13.8 Å². The normalized spacial score (nSPS) is 47.0. The van der Waals surface area contributed by atoms with Gasteiger partial charge in [0.1, 0.15) is 0 Å². The molecule has 0 amide bonds. The van der Waals surface area contributed by atoms with Gasteiger partial charge < -0.3 is 5.11 Å². The first-order valence-corrected chi connectivity index (χ1v) is 11.1. The third-order valence-electron chi connectivity index (χ3n) is 9.35. The van der Waals surface area contributed by atoms with Crippen LogP contribution in [-0.2, 0) is 0 Å². The van der Waals surface area contributed by atoms with E-state index in [-0.39, 0.29) is 0 Å². The van der Waals surface area contributed by atoms with E-state index in [0.29, 0.717) is 16.2 Å². The Labute approximate surface area is 157 Å². The van der Waals surface area contributed by atoms with Gasteiger partial charge in [-0.1, -0.05) is 47.5 Å². The third-order valence-corrected chi connectivity index (χ3v) is 9.35. The highest BCUT2D eigenvalue weighted by atomic mass is 16.3. The Bertz CT molecular complexity index is 487. The van der Waals surface area contributed by atoms with Gasteiger partial charge >= 0.3 is 0 Å². The van der Waals surface area contributed by atoms with E-state index in [9.17, 15) is 5.11 Å². The standard InChI is InChI=1S/C24H44O/c1-17-9-10-20-23(6,18(17)11-15-22(4,5)25)16-12-19-21(2,3)13-8-14-24(19,20)7/h17-20,25H,8-16H2,1-7H3/t17-,18-,19+,20+,23+,24+/m1/s1. The lowest BCUT2D eigenvalue weighted by Gasteiger charge is -2.66. The SMILES string of the molecule is C[C@@H]1CC[C@H]2[C@@](C)(CC[C@H]3C(C)(C)CCC[C@]23C)[C@@H]1CCC(C)(C)O. The van der Waals surface area contributed by atoms with Crippen LogP contribution in [0.1, 0.15) is 106 Å². The summed E-state index contributed by atoms with van der Waals surface area (Å²) in [6, 6.07) is 0. The van der Waals surface area contributed by atoms with Gasteiger partial charge in [0, 0.05) is 0 Å². The minimum absolute atomic E-state index is 0.488. The summed E-state index contributed by atoms with van der Waals surface area (Å²) >= 11 is 0. The Morgan fingerprint density at radius 2 is 1.56 bits per heavy atom. The van der Waals surface area contributed by atoms with E-state index in [4.69, 9.17) is 0 Å². The summed E-state index contributed by atoms with van der Waals surface area (Å²) in [4.78, 5) is 0. The molecule has 6 atom stereocenters. The van der Waals surface area contributed by atoms with Crippen LogP contribution in [-0.4, -0.2) is 10.7 Å². The van der Waals surface area contributed by atoms with E-state index < -0.39 is 5.60 Å². The van der Waals surface area contributed by atoms with Crippen molar-refractivity contribution in [3.05, 3.63) is 0 Å². The second kappa shape index (κ2) is 6.25. The molecular weight excluding hydrogens is 304 g/mol. The highest BCUT2D eigenvalue weighted by Crippen LogP contribution is 2.69. The zero-order valence-electron chi connectivity index (χ0n) is 18.1. The van der Waals surface area contributed by atoms with Crippen LogP contribution in [0.25, 0.3) is 0 Å². The molecule has 1 nitrogen and oxygen atoms in total. The number of fused-ring (bicyclic) bond motifs is 3. The van der Waals surface area contributed by atoms with E-state index in [1.165, 1.54) is 51.4 Å². The molecule has 1 heteroatoms. The van der Waals surface area contributed by atoms with Crippen LogP contribution in [0.5, 0.6) is 0 Å². The lowest BCUT2D eigenvalue weighted by atomic mass is 9.38. The molecule has 3 aliphatic rings. The summed E-state index contributed by atoms with van der Waals surface area (Å²) in [5.74, 6) is 3.41. The zero-order valence-corrected chi connectivity index (χ0v) is 18.1. The van der Waals surface area contributed by atoms with Crippen LogP contribution in [0.15, 0.2) is 0 Å². The molecule has 0 spiro atoms. The average molecular weight is 349 g/mol. The number of hydrogen-bond donors (Lipinski definition) is 1. The van der Waals surface area contributed by atoms with Crippen LogP contribution in [0, 0.1) is 39.9 Å². The smallest absolute Gasteiger partial charge is 0.0591 e. The first-order valence-electron chi connectivity index (χ1n) is 11.1. The van der Waals surface area contributed by atoms with Crippen LogP contribution >= 0.6 is 0 Å². The lowest BCUT2D eigenvalue weighted by molar-refractivity contribution is -0.175. The number of hydrogen-bond acceptors (Lipinski definition) is 1. The van der Waals surface area contributed by atoms with Crippen molar-refractivity contribution >= 4 is 0 Å². The maximum atomic E-state index is 10.3. The molecule has 0 saturated heterocycles. The van der Waals surface area contributed by atoms with Crippen molar-refractivity contribution < 1.29 is 5.11 Å². The van der Waals surface area contributed by atoms with Crippen molar-refractivity contribution in [2.45, 2.75) is 112 Å². The van der Waals surface area contributed by atoms with E-state index >= 15 is 0 Å². The fourth-order valence-corrected chi connectivity index (χ4v) is 8.19. The topological polar surface area (TPSA) is 20.2 Å². The maximum Gasteiger partial charge on any atom is 0.0591 e. The molecule has 0 heterocycles. The van der Waals surface area contributed by atoms with E-state index in [2.05, 4.69) is 34.6 Å². The summed E-state index contributed by atoms with van der Waals surface area (Å²) in [7, 11) is 0. The highest BCUT2D eigenvalue weighted by Gasteiger charge is 2.61. The Kier molecular flexibility index (Phi) is 4.93. The molecule has 3 rings (SSSR count). The van der Waals surface area contributed by atoms with Crippen molar-refractivity contribution in [2.75, 3.05) is 0 Å². The Morgan fingerprint density at radius 3 is 2.20 bits per heavy atom. The zero-order chi connectivity index (χ0) is 18.7. The summed E-state index contributed by atoms with van der Waals surface area (Å²) in [5, 5.41) is 10.3. The van der Waals surface area contributed by atoms with Crippen molar-refractivity contribution in [3.63, 3.8) is 0 Å². The largest absolute Gasteiger partial charge is 0.390 e. The molecule has 0 aromatic heterocycles. The second-order valence-electron chi connectivity index (χ2n) is 12.0. The Hall–Kier alpha value is -0.0400. The van der Waals surface area contributed by atoms with E-state index in [1.54, 1.807) is 0 Å². The van der Waals surface area contributed by atoms with Gasteiger partial charge in [-0.25, -0.2) is 0 Å². The molecule has 0 aromatic carbocycles. The quantitative estimate of drug-likeness (QED) is 0.592. The number of rotatable bonds is 3. The summed E-state index contributed by atoms with van der Waals surface area (Å²) < 4.78 is 0. The Balaban J connectivity index is 1.89. The van der Waals surface area contributed by atoms with Crippen molar-refractivity contribution in [1.82, 2.24) is 0 Å². The Morgan fingerprint density at radius 1 is 0.880 bits per heavy atom. The fourth-order valence-electron chi connectivity index (χ4n) is 8.19. The van der Waals surface area contributed by atoms with Gasteiger partial charge in [-0.2, -0.15) is 0 Å². The van der Waals surface area contributed by atoms with Gasteiger partial charge in [0.2, 0.25) is 0 Å². The van der Waals surface area contributed by atoms with Gasteiger partial charge in [-0.05, 0) is 98.7 Å². The molecule has 3 fully saturated rings. The third kappa shape index (κ3) is 3.32. The van der Waals surface area contributed by atoms with Crippen LogP contribution in [0.3, 0.4) is 0 Å². The minimum atomic E-state index is -0.517. The van der Waals surface area contributed by atoms with Crippen LogP contribution in [0.4, 0.5) is 0 Å². The average Bonchev–Trinajstić information content (AvgIpc) is 2.43. The number of aliphatic hydroxyl groups is 1. The van der Waals surface area contributed by atoms with Crippen LogP contribution in [0.2, 0.25) is 0 Å². The van der Waals surface area contributed by atoms with Crippen molar-refractivity contribution in [3.8, 4) is 0 Å². The highest BCUT2D eigenvalue weighted by molar-refractivity contribution is 5.10. The summed E-state index contributed by atoms with van der Waals surface area (Å²) in [6.07, 6.45) is 12.2. The first kappa shape index (κ1) is 19.7. The van der Waals surface area contributed by atoms with Gasteiger partial charge in [0.25, 0.3) is 0 Å². The van der Waals surface area contributed by atoms with Crippen molar-refractivity contribution in [2.24, 2.45) is 39.9 Å². The molecule has 0 aromatic rings. The molecule has 0 radical (unpaired) electrons. The first-order chi connectivity index (χ1) is 11.4. The second-order valence-corrected chi connectivity index (χ2v) is 12.0. The van der Waals surface area contributed by atoms with Gasteiger partial charge in [-0.15, -0.1) is 0 Å². The molecule has 146 valence electrons. The predicted molar refractivity (Wildman–Crippen MR) is 107 cm³/mol. The van der Waals surface area contributed by atoms with Gasteiger partial charge in [0.05, 0.1) is 5.60 Å². The minimum Gasteiger partial charge on any atom is -0.390 e. The summed E-state index contributed by atoms with van der Waals surface area (Å²) in [6.45, 7) is 16.9. The fraction of sp³-hybridized carbons (Fsp3) is 1.00. The molecule has 0 aliphatic heterocycles. The molecule has 25 heavy (non-hydrogen) atoms. The molecule has 3 aliphatic carbocycles. The predicted octanol–water partition coefficient (Wildman–Crippen LogP) is 6.83.